The van der Waals surface area contributed by atoms with Crippen LogP contribution in [-0.4, -0.2) is 4.98 Å². The van der Waals surface area contributed by atoms with Gasteiger partial charge in [0.05, 0.1) is 0 Å². The van der Waals surface area contributed by atoms with Crippen molar-refractivity contribution in [3.63, 3.8) is 0 Å². The third kappa shape index (κ3) is 6.20. The summed E-state index contributed by atoms with van der Waals surface area (Å²) in [5.74, 6) is 4.88. The van der Waals surface area contributed by atoms with Crippen molar-refractivity contribution in [3.8, 4) is 12.3 Å². The topological polar surface area (TPSA) is 12.9 Å². The number of allylic oxidation sites excluding steroid dienone is 5. The maximum atomic E-state index is 5.49. The standard InChI is InChI=1S/C36H37N/c1-4-28-13-21-35(37-25-28)24-30-11-15-32(16-12-30)36(27(3)23-29-8-6-5-7-9-29)33-19-17-31(18-20-33)34-14-10-26(2)22-34/h1,5-10,13-14,17-22,25-26,30,32,36H,3,11-12,15-16,23-24H2,2H3. The molecule has 0 spiro atoms. The first-order chi connectivity index (χ1) is 18.1. The Labute approximate surface area is 223 Å². The molecule has 1 heteroatoms. The van der Waals surface area contributed by atoms with Gasteiger partial charge in [-0.05, 0) is 90.7 Å². The summed E-state index contributed by atoms with van der Waals surface area (Å²) in [6, 6.07) is 24.2. The molecule has 0 bridgehead atoms. The van der Waals surface area contributed by atoms with E-state index in [2.05, 4.69) is 103 Å². The third-order valence-electron chi connectivity index (χ3n) is 8.19. The van der Waals surface area contributed by atoms with E-state index in [0.717, 1.165) is 24.1 Å². The Balaban J connectivity index is 1.31. The van der Waals surface area contributed by atoms with Crippen LogP contribution in [0, 0.1) is 30.1 Å². The highest BCUT2D eigenvalue weighted by Gasteiger charge is 2.30. The molecule has 2 aliphatic rings. The first-order valence-electron chi connectivity index (χ1n) is 13.7. The second kappa shape index (κ2) is 11.6. The lowest BCUT2D eigenvalue weighted by Crippen LogP contribution is -2.23. The molecule has 0 N–H and O–H groups in total. The Hall–Kier alpha value is -3.63. The van der Waals surface area contributed by atoms with Crippen molar-refractivity contribution < 1.29 is 0 Å². The minimum atomic E-state index is 0.385. The van der Waals surface area contributed by atoms with Crippen LogP contribution in [-0.2, 0) is 12.8 Å². The van der Waals surface area contributed by atoms with Gasteiger partial charge >= 0.3 is 0 Å². The van der Waals surface area contributed by atoms with E-state index >= 15 is 0 Å². The van der Waals surface area contributed by atoms with E-state index in [4.69, 9.17) is 6.42 Å². The summed E-state index contributed by atoms with van der Waals surface area (Å²) in [5.41, 5.74) is 8.75. The van der Waals surface area contributed by atoms with Crippen LogP contribution >= 0.6 is 0 Å². The minimum Gasteiger partial charge on any atom is -0.260 e. The van der Waals surface area contributed by atoms with Gasteiger partial charge < -0.3 is 0 Å². The van der Waals surface area contributed by atoms with Crippen LogP contribution in [0.5, 0.6) is 0 Å². The Morgan fingerprint density at radius 1 is 1.00 bits per heavy atom. The number of pyridine rings is 1. The maximum Gasteiger partial charge on any atom is 0.0427 e. The summed E-state index contributed by atoms with van der Waals surface area (Å²) < 4.78 is 0. The van der Waals surface area contributed by atoms with Gasteiger partial charge in [-0.1, -0.05) is 97.8 Å². The molecule has 1 nitrogen and oxygen atoms in total. The molecule has 0 amide bonds. The van der Waals surface area contributed by atoms with Gasteiger partial charge in [-0.25, -0.2) is 0 Å². The second-order valence-electron chi connectivity index (χ2n) is 10.9. The first kappa shape index (κ1) is 25.0. The molecule has 37 heavy (non-hydrogen) atoms. The SMILES string of the molecule is C#Cc1ccc(CC2CCC(C(C(=C)Cc3ccccc3)c3ccc(C4=CC(C)C=C4)cc3)CC2)nc1. The van der Waals surface area contributed by atoms with Crippen LogP contribution in [0.3, 0.4) is 0 Å². The molecule has 1 fully saturated rings. The summed E-state index contributed by atoms with van der Waals surface area (Å²) in [5, 5.41) is 0. The van der Waals surface area contributed by atoms with Crippen molar-refractivity contribution in [1.29, 1.82) is 0 Å². The van der Waals surface area contributed by atoms with E-state index in [1.807, 2.05) is 12.3 Å². The zero-order valence-corrected chi connectivity index (χ0v) is 21.9. The lowest BCUT2D eigenvalue weighted by molar-refractivity contribution is 0.251. The van der Waals surface area contributed by atoms with E-state index in [0.29, 0.717) is 23.7 Å². The predicted molar refractivity (Wildman–Crippen MR) is 156 cm³/mol. The van der Waals surface area contributed by atoms with Gasteiger partial charge in [0.15, 0.2) is 0 Å². The molecule has 1 heterocycles. The molecule has 5 rings (SSSR count). The summed E-state index contributed by atoms with van der Waals surface area (Å²) >= 11 is 0. The summed E-state index contributed by atoms with van der Waals surface area (Å²) in [7, 11) is 0. The molecule has 2 aliphatic carbocycles. The summed E-state index contributed by atoms with van der Waals surface area (Å²) in [4.78, 5) is 4.60. The molecule has 0 radical (unpaired) electrons. The average Bonchev–Trinajstić information content (AvgIpc) is 3.37. The fraction of sp³-hybridized carbons (Fsp3) is 0.306. The van der Waals surface area contributed by atoms with Crippen LogP contribution in [0.15, 0.2) is 103 Å². The molecule has 3 aromatic rings. The fourth-order valence-electron chi connectivity index (χ4n) is 6.19. The molecule has 0 saturated heterocycles. The number of terminal acetylenes is 1. The molecule has 2 unspecified atom stereocenters. The fourth-order valence-corrected chi connectivity index (χ4v) is 6.19. The normalized spacial score (nSPS) is 21.7. The van der Waals surface area contributed by atoms with Gasteiger partial charge in [-0.15, -0.1) is 6.42 Å². The monoisotopic (exact) mass is 483 g/mol. The van der Waals surface area contributed by atoms with Gasteiger partial charge in [-0.3, -0.25) is 4.98 Å². The zero-order valence-electron chi connectivity index (χ0n) is 21.9. The smallest absolute Gasteiger partial charge is 0.0427 e. The highest BCUT2D eigenvalue weighted by Crippen LogP contribution is 2.43. The number of hydrogen-bond acceptors (Lipinski definition) is 1. The number of nitrogens with zero attached hydrogens (tertiary/aromatic N) is 1. The molecule has 2 atom stereocenters. The molecule has 2 aromatic carbocycles. The van der Waals surface area contributed by atoms with Crippen molar-refractivity contribution in [2.75, 3.05) is 0 Å². The molecule has 0 aliphatic heterocycles. The van der Waals surface area contributed by atoms with E-state index in [9.17, 15) is 0 Å². The van der Waals surface area contributed by atoms with Crippen LogP contribution in [0.1, 0.15) is 66.5 Å². The van der Waals surface area contributed by atoms with E-state index in [1.165, 1.54) is 53.5 Å². The third-order valence-corrected chi connectivity index (χ3v) is 8.19. The van der Waals surface area contributed by atoms with E-state index < -0.39 is 0 Å². The number of aromatic nitrogens is 1. The number of hydrogen-bond donors (Lipinski definition) is 0. The number of benzene rings is 2. The molecular formula is C36H37N. The lowest BCUT2D eigenvalue weighted by Gasteiger charge is -2.35. The average molecular weight is 484 g/mol. The lowest BCUT2D eigenvalue weighted by atomic mass is 9.69. The molecule has 1 saturated carbocycles. The van der Waals surface area contributed by atoms with E-state index in [-0.39, 0.29) is 0 Å². The zero-order chi connectivity index (χ0) is 25.6. The van der Waals surface area contributed by atoms with Gasteiger partial charge in [0.1, 0.15) is 0 Å². The van der Waals surface area contributed by atoms with Gasteiger partial charge in [0.2, 0.25) is 0 Å². The van der Waals surface area contributed by atoms with Crippen LogP contribution in [0.4, 0.5) is 0 Å². The van der Waals surface area contributed by atoms with Gasteiger partial charge in [0.25, 0.3) is 0 Å². The van der Waals surface area contributed by atoms with Gasteiger partial charge in [0, 0.05) is 23.4 Å². The summed E-state index contributed by atoms with van der Waals surface area (Å²) in [6.07, 6.45) is 21.1. The highest BCUT2D eigenvalue weighted by molar-refractivity contribution is 5.76. The van der Waals surface area contributed by atoms with Crippen molar-refractivity contribution in [1.82, 2.24) is 4.98 Å². The molecule has 186 valence electrons. The van der Waals surface area contributed by atoms with Crippen molar-refractivity contribution >= 4 is 5.57 Å². The van der Waals surface area contributed by atoms with Crippen LogP contribution < -0.4 is 0 Å². The molecular weight excluding hydrogens is 446 g/mol. The van der Waals surface area contributed by atoms with Gasteiger partial charge in [-0.2, -0.15) is 0 Å². The Morgan fingerprint density at radius 3 is 2.38 bits per heavy atom. The minimum absolute atomic E-state index is 0.385. The number of rotatable bonds is 8. The van der Waals surface area contributed by atoms with Crippen molar-refractivity contribution in [3.05, 3.63) is 131 Å². The second-order valence-corrected chi connectivity index (χ2v) is 10.9. The highest BCUT2D eigenvalue weighted by atomic mass is 14.7. The van der Waals surface area contributed by atoms with Crippen LogP contribution in [0.25, 0.3) is 5.57 Å². The van der Waals surface area contributed by atoms with Crippen molar-refractivity contribution in [2.24, 2.45) is 17.8 Å². The maximum absolute atomic E-state index is 5.49. The Kier molecular flexibility index (Phi) is 7.86. The largest absolute Gasteiger partial charge is 0.260 e. The van der Waals surface area contributed by atoms with E-state index in [1.54, 1.807) is 0 Å². The molecule has 1 aromatic heterocycles. The first-order valence-corrected chi connectivity index (χ1v) is 13.7. The quantitative estimate of drug-likeness (QED) is 0.231. The predicted octanol–water partition coefficient (Wildman–Crippen LogP) is 8.58. The van der Waals surface area contributed by atoms with Crippen LogP contribution in [0.2, 0.25) is 0 Å². The Bertz CT molecular complexity index is 1290. The summed E-state index contributed by atoms with van der Waals surface area (Å²) in [6.45, 7) is 6.90. The Morgan fingerprint density at radius 2 is 1.76 bits per heavy atom. The van der Waals surface area contributed by atoms with Crippen molar-refractivity contribution in [2.45, 2.75) is 51.4 Å².